The van der Waals surface area contributed by atoms with E-state index in [2.05, 4.69) is 6.92 Å². The van der Waals surface area contributed by atoms with Crippen molar-refractivity contribution in [2.75, 3.05) is 7.11 Å². The van der Waals surface area contributed by atoms with Crippen LogP contribution in [0.25, 0.3) is 0 Å². The van der Waals surface area contributed by atoms with Gasteiger partial charge in [0.1, 0.15) is 11.6 Å². The number of ether oxygens (including phenoxy) is 2. The molecule has 1 fully saturated rings. The van der Waals surface area contributed by atoms with Gasteiger partial charge >= 0.3 is 12.1 Å². The van der Waals surface area contributed by atoms with E-state index < -0.39 is 17.7 Å². The van der Waals surface area contributed by atoms with Gasteiger partial charge in [-0.05, 0) is 46.5 Å². The highest BCUT2D eigenvalue weighted by Gasteiger charge is 2.40. The number of unbranched alkanes of at least 4 members (excludes halogenated alkanes) is 3. The van der Waals surface area contributed by atoms with Gasteiger partial charge in [0.2, 0.25) is 0 Å². The van der Waals surface area contributed by atoms with Gasteiger partial charge in [-0.25, -0.2) is 9.59 Å². The summed E-state index contributed by atoms with van der Waals surface area (Å²) in [7, 11) is 1.38. The van der Waals surface area contributed by atoms with Crippen molar-refractivity contribution < 1.29 is 19.1 Å². The monoisotopic (exact) mass is 327 g/mol. The number of hydrogen-bond acceptors (Lipinski definition) is 4. The first-order valence-electron chi connectivity index (χ1n) is 8.89. The molecular weight excluding hydrogens is 294 g/mol. The molecule has 0 aromatic carbocycles. The summed E-state index contributed by atoms with van der Waals surface area (Å²) >= 11 is 0. The first-order valence-corrected chi connectivity index (χ1v) is 8.89. The van der Waals surface area contributed by atoms with Crippen LogP contribution >= 0.6 is 0 Å². The van der Waals surface area contributed by atoms with Crippen LogP contribution < -0.4 is 0 Å². The largest absolute Gasteiger partial charge is 0.467 e. The molecule has 2 atom stereocenters. The summed E-state index contributed by atoms with van der Waals surface area (Å²) < 4.78 is 10.4. The van der Waals surface area contributed by atoms with Crippen LogP contribution in [-0.2, 0) is 14.3 Å². The highest BCUT2D eigenvalue weighted by molar-refractivity contribution is 5.82. The zero-order chi connectivity index (χ0) is 17.5. The average Bonchev–Trinajstić information content (AvgIpc) is 2.48. The third-order valence-electron chi connectivity index (χ3n) is 4.21. The minimum atomic E-state index is -0.567. The Morgan fingerprint density at radius 1 is 1.13 bits per heavy atom. The Balaban J connectivity index is 2.83. The molecule has 1 aliphatic heterocycles. The predicted octanol–water partition coefficient (Wildman–Crippen LogP) is 4.29. The van der Waals surface area contributed by atoms with Crippen molar-refractivity contribution in [2.24, 2.45) is 0 Å². The lowest BCUT2D eigenvalue weighted by molar-refractivity contribution is -0.149. The third-order valence-corrected chi connectivity index (χ3v) is 4.21. The van der Waals surface area contributed by atoms with E-state index in [9.17, 15) is 9.59 Å². The lowest BCUT2D eigenvalue weighted by Gasteiger charge is -2.41. The summed E-state index contributed by atoms with van der Waals surface area (Å²) in [6.45, 7) is 7.72. The van der Waals surface area contributed by atoms with Crippen LogP contribution in [0.15, 0.2) is 0 Å². The minimum absolute atomic E-state index is 0.0690. The van der Waals surface area contributed by atoms with Crippen LogP contribution in [0.5, 0.6) is 0 Å². The Hall–Kier alpha value is -1.26. The van der Waals surface area contributed by atoms with E-state index in [1.165, 1.54) is 20.0 Å². The molecule has 0 aromatic rings. The molecule has 134 valence electrons. The van der Waals surface area contributed by atoms with Crippen LogP contribution in [0.3, 0.4) is 0 Å². The number of esters is 1. The Morgan fingerprint density at radius 3 is 2.39 bits per heavy atom. The summed E-state index contributed by atoms with van der Waals surface area (Å²) in [4.78, 5) is 26.4. The fourth-order valence-corrected chi connectivity index (χ4v) is 3.13. The predicted molar refractivity (Wildman–Crippen MR) is 90.3 cm³/mol. The van der Waals surface area contributed by atoms with Crippen molar-refractivity contribution in [2.45, 2.75) is 96.7 Å². The molecule has 5 heteroatoms. The molecule has 1 rings (SSSR count). The molecule has 1 saturated heterocycles. The van der Waals surface area contributed by atoms with Crippen LogP contribution in [0, 0.1) is 0 Å². The normalized spacial score (nSPS) is 21.9. The van der Waals surface area contributed by atoms with Crippen molar-refractivity contribution in [3.8, 4) is 0 Å². The number of piperidine rings is 1. The summed E-state index contributed by atoms with van der Waals surface area (Å²) in [5.41, 5.74) is -0.567. The van der Waals surface area contributed by atoms with Gasteiger partial charge in [-0.1, -0.05) is 32.6 Å². The second-order valence-electron chi connectivity index (χ2n) is 7.36. The lowest BCUT2D eigenvalue weighted by Crippen LogP contribution is -2.55. The zero-order valence-electron chi connectivity index (χ0n) is 15.4. The molecule has 0 radical (unpaired) electrons. The van der Waals surface area contributed by atoms with E-state index in [4.69, 9.17) is 9.47 Å². The third kappa shape index (κ3) is 6.40. The molecule has 0 aromatic heterocycles. The molecule has 0 saturated carbocycles. The smallest absolute Gasteiger partial charge is 0.411 e. The van der Waals surface area contributed by atoms with Crippen molar-refractivity contribution in [3.63, 3.8) is 0 Å². The standard InChI is InChI=1S/C18H33NO4/c1-6-7-8-9-11-14-12-10-13-15(16(20)22-5)19(14)17(21)23-18(2,3)4/h14-15H,6-13H2,1-5H3/t14-,15+/m1/s1. The molecule has 1 amide bonds. The number of methoxy groups -OCH3 is 1. The molecule has 1 aliphatic rings. The van der Waals surface area contributed by atoms with Crippen LogP contribution in [0.4, 0.5) is 4.79 Å². The summed E-state index contributed by atoms with van der Waals surface area (Å²) in [5, 5.41) is 0. The summed E-state index contributed by atoms with van der Waals surface area (Å²) in [5.74, 6) is -0.339. The minimum Gasteiger partial charge on any atom is -0.467 e. The number of carbonyl (C=O) groups excluding carboxylic acids is 2. The molecule has 1 heterocycles. The van der Waals surface area contributed by atoms with E-state index in [1.54, 1.807) is 4.90 Å². The van der Waals surface area contributed by atoms with E-state index in [0.717, 1.165) is 32.1 Å². The second kappa shape index (κ2) is 9.14. The van der Waals surface area contributed by atoms with Crippen LogP contribution in [-0.4, -0.2) is 41.8 Å². The molecule has 23 heavy (non-hydrogen) atoms. The van der Waals surface area contributed by atoms with E-state index in [1.807, 2.05) is 20.8 Å². The quantitative estimate of drug-likeness (QED) is 0.539. The average molecular weight is 327 g/mol. The van der Waals surface area contributed by atoms with E-state index in [-0.39, 0.29) is 12.0 Å². The fraction of sp³-hybridized carbons (Fsp3) is 0.889. The Labute approximate surface area is 140 Å². The number of amides is 1. The first kappa shape index (κ1) is 19.8. The van der Waals surface area contributed by atoms with Crippen molar-refractivity contribution in [1.29, 1.82) is 0 Å². The Morgan fingerprint density at radius 2 is 1.83 bits per heavy atom. The van der Waals surface area contributed by atoms with Crippen molar-refractivity contribution >= 4 is 12.1 Å². The second-order valence-corrected chi connectivity index (χ2v) is 7.36. The van der Waals surface area contributed by atoms with Gasteiger partial charge in [0.05, 0.1) is 7.11 Å². The number of likely N-dealkylation sites (tertiary alicyclic amines) is 1. The number of hydrogen-bond donors (Lipinski definition) is 0. The summed E-state index contributed by atoms with van der Waals surface area (Å²) in [6.07, 6.45) is 7.68. The Kier molecular flexibility index (Phi) is 7.86. The van der Waals surface area contributed by atoms with Gasteiger partial charge in [0, 0.05) is 6.04 Å². The molecule has 0 N–H and O–H groups in total. The fourth-order valence-electron chi connectivity index (χ4n) is 3.13. The number of nitrogens with zero attached hydrogens (tertiary/aromatic N) is 1. The number of rotatable bonds is 6. The van der Waals surface area contributed by atoms with E-state index >= 15 is 0 Å². The van der Waals surface area contributed by atoms with Gasteiger partial charge in [0.25, 0.3) is 0 Å². The van der Waals surface area contributed by atoms with Gasteiger partial charge < -0.3 is 9.47 Å². The lowest BCUT2D eigenvalue weighted by atomic mass is 9.92. The maximum atomic E-state index is 12.6. The molecule has 0 aliphatic carbocycles. The van der Waals surface area contributed by atoms with Crippen LogP contribution in [0.2, 0.25) is 0 Å². The maximum absolute atomic E-state index is 12.6. The molecule has 5 nitrogen and oxygen atoms in total. The topological polar surface area (TPSA) is 55.8 Å². The van der Waals surface area contributed by atoms with Gasteiger partial charge in [-0.3, -0.25) is 4.90 Å². The molecule has 0 bridgehead atoms. The highest BCUT2D eigenvalue weighted by atomic mass is 16.6. The zero-order valence-corrected chi connectivity index (χ0v) is 15.4. The van der Waals surface area contributed by atoms with Crippen LogP contribution in [0.1, 0.15) is 79.1 Å². The molecule has 0 unspecified atom stereocenters. The summed E-state index contributed by atoms with van der Waals surface area (Å²) in [6, 6.07) is -0.445. The molecular formula is C18H33NO4. The van der Waals surface area contributed by atoms with Crippen molar-refractivity contribution in [1.82, 2.24) is 4.90 Å². The number of carbonyl (C=O) groups is 2. The highest BCUT2D eigenvalue weighted by Crippen LogP contribution is 2.29. The molecule has 0 spiro atoms. The van der Waals surface area contributed by atoms with Crippen molar-refractivity contribution in [3.05, 3.63) is 0 Å². The van der Waals surface area contributed by atoms with Gasteiger partial charge in [-0.2, -0.15) is 0 Å². The first-order chi connectivity index (χ1) is 10.8. The SMILES string of the molecule is CCCCCC[C@@H]1CCC[C@@H](C(=O)OC)N1C(=O)OC(C)(C)C. The van der Waals surface area contributed by atoms with Gasteiger partial charge in [-0.15, -0.1) is 0 Å². The Bertz CT molecular complexity index is 389. The van der Waals surface area contributed by atoms with Gasteiger partial charge in [0.15, 0.2) is 0 Å². The van der Waals surface area contributed by atoms with E-state index in [0.29, 0.717) is 6.42 Å². The maximum Gasteiger partial charge on any atom is 0.411 e.